The van der Waals surface area contributed by atoms with Gasteiger partial charge in [0.25, 0.3) is 0 Å². The van der Waals surface area contributed by atoms with Crippen molar-refractivity contribution in [2.24, 2.45) is 5.92 Å². The minimum Gasteiger partial charge on any atom is -0.299 e. The summed E-state index contributed by atoms with van der Waals surface area (Å²) in [6.45, 7) is 5.66. The molecular formula is C17H21ClN4. The third-order valence-electron chi connectivity index (χ3n) is 4.03. The molecule has 0 aliphatic carbocycles. The number of hydrogen-bond donors (Lipinski definition) is 0. The van der Waals surface area contributed by atoms with E-state index in [9.17, 15) is 0 Å². The number of piperazine rings is 1. The Hall–Kier alpha value is -1.59. The van der Waals surface area contributed by atoms with Crippen molar-refractivity contribution in [2.75, 3.05) is 32.7 Å². The molecule has 1 aliphatic rings. The van der Waals surface area contributed by atoms with Crippen molar-refractivity contribution in [3.05, 3.63) is 34.9 Å². The van der Waals surface area contributed by atoms with E-state index in [2.05, 4.69) is 28.0 Å². The van der Waals surface area contributed by atoms with Crippen molar-refractivity contribution in [2.45, 2.75) is 19.4 Å². The van der Waals surface area contributed by atoms with E-state index < -0.39 is 0 Å². The van der Waals surface area contributed by atoms with Crippen LogP contribution < -0.4 is 0 Å². The molecule has 1 saturated heterocycles. The van der Waals surface area contributed by atoms with Crippen LogP contribution in [0.1, 0.15) is 18.4 Å². The molecule has 0 saturated carbocycles. The van der Waals surface area contributed by atoms with Gasteiger partial charge in [-0.15, -0.1) is 0 Å². The van der Waals surface area contributed by atoms with Crippen LogP contribution in [0.25, 0.3) is 0 Å². The van der Waals surface area contributed by atoms with Crippen LogP contribution in [0.2, 0.25) is 5.02 Å². The van der Waals surface area contributed by atoms with Gasteiger partial charge >= 0.3 is 0 Å². The van der Waals surface area contributed by atoms with E-state index >= 15 is 0 Å². The van der Waals surface area contributed by atoms with Crippen LogP contribution in [0.4, 0.5) is 0 Å². The zero-order valence-corrected chi connectivity index (χ0v) is 13.5. The fraction of sp³-hybridized carbons (Fsp3) is 0.529. The first-order valence-corrected chi connectivity index (χ1v) is 8.05. The lowest BCUT2D eigenvalue weighted by molar-refractivity contribution is 0.118. The van der Waals surface area contributed by atoms with Crippen molar-refractivity contribution in [1.29, 1.82) is 10.5 Å². The summed E-state index contributed by atoms with van der Waals surface area (Å²) >= 11 is 6.02. The second-order valence-electron chi connectivity index (χ2n) is 5.73. The Bertz CT molecular complexity index is 553. The number of hydrogen-bond acceptors (Lipinski definition) is 4. The molecule has 1 fully saturated rings. The van der Waals surface area contributed by atoms with E-state index in [1.54, 1.807) is 0 Å². The molecule has 5 heteroatoms. The monoisotopic (exact) mass is 316 g/mol. The Morgan fingerprint density at radius 1 is 1.14 bits per heavy atom. The van der Waals surface area contributed by atoms with Crippen molar-refractivity contribution >= 4 is 11.6 Å². The topological polar surface area (TPSA) is 54.1 Å². The van der Waals surface area contributed by atoms with E-state index in [0.717, 1.165) is 44.3 Å². The van der Waals surface area contributed by atoms with Crippen LogP contribution in [-0.2, 0) is 6.54 Å². The van der Waals surface area contributed by atoms with Crippen molar-refractivity contribution < 1.29 is 0 Å². The lowest BCUT2D eigenvalue weighted by Gasteiger charge is -2.35. The van der Waals surface area contributed by atoms with E-state index in [1.165, 1.54) is 5.56 Å². The predicted molar refractivity (Wildman–Crippen MR) is 87.1 cm³/mol. The fourth-order valence-electron chi connectivity index (χ4n) is 2.77. The summed E-state index contributed by atoms with van der Waals surface area (Å²) in [7, 11) is 0. The Morgan fingerprint density at radius 2 is 1.86 bits per heavy atom. The first kappa shape index (κ1) is 16.8. The van der Waals surface area contributed by atoms with Crippen LogP contribution in [0.3, 0.4) is 0 Å². The molecule has 2 rings (SSSR count). The summed E-state index contributed by atoms with van der Waals surface area (Å²) in [6.07, 6.45) is 1.14. The van der Waals surface area contributed by atoms with E-state index in [-0.39, 0.29) is 5.92 Å². The zero-order chi connectivity index (χ0) is 15.8. The van der Waals surface area contributed by atoms with Crippen LogP contribution in [0.5, 0.6) is 0 Å². The number of halogens is 1. The number of rotatable bonds is 6. The maximum atomic E-state index is 9.15. The Labute approximate surface area is 137 Å². The molecule has 1 unspecified atom stereocenters. The van der Waals surface area contributed by atoms with E-state index in [1.807, 2.05) is 18.2 Å². The van der Waals surface area contributed by atoms with Crippen LogP contribution in [-0.4, -0.2) is 42.5 Å². The van der Waals surface area contributed by atoms with Gasteiger partial charge < -0.3 is 0 Å². The molecule has 0 radical (unpaired) electrons. The average molecular weight is 317 g/mol. The van der Waals surface area contributed by atoms with E-state index in [0.29, 0.717) is 12.8 Å². The molecule has 22 heavy (non-hydrogen) atoms. The SMILES string of the molecule is N#CCCC(C#N)CN1CCN(Cc2cccc(Cl)c2)CC1. The molecule has 0 amide bonds. The second-order valence-corrected chi connectivity index (χ2v) is 6.17. The minimum atomic E-state index is -0.0286. The third kappa shape index (κ3) is 5.31. The minimum absolute atomic E-state index is 0.0286. The number of nitrogens with zero attached hydrogens (tertiary/aromatic N) is 4. The maximum Gasteiger partial charge on any atom is 0.0669 e. The van der Waals surface area contributed by atoms with Crippen LogP contribution >= 0.6 is 11.6 Å². The molecule has 1 aromatic rings. The van der Waals surface area contributed by atoms with Gasteiger partial charge in [-0.2, -0.15) is 10.5 Å². The molecule has 116 valence electrons. The summed E-state index contributed by atoms with van der Waals surface area (Å²) in [5, 5.41) is 18.6. The van der Waals surface area contributed by atoms with Gasteiger partial charge in [0.15, 0.2) is 0 Å². The molecule has 4 nitrogen and oxygen atoms in total. The van der Waals surface area contributed by atoms with Crippen molar-refractivity contribution in [1.82, 2.24) is 9.80 Å². The lowest BCUT2D eigenvalue weighted by atomic mass is 10.0. The molecule has 1 aromatic carbocycles. The summed E-state index contributed by atoms with van der Waals surface area (Å²) < 4.78 is 0. The summed E-state index contributed by atoms with van der Waals surface area (Å²) in [5.41, 5.74) is 1.24. The van der Waals surface area contributed by atoms with Gasteiger partial charge in [-0.3, -0.25) is 9.80 Å². The number of benzene rings is 1. The zero-order valence-electron chi connectivity index (χ0n) is 12.7. The molecule has 1 atom stereocenters. The van der Waals surface area contributed by atoms with Crippen molar-refractivity contribution in [3.63, 3.8) is 0 Å². The van der Waals surface area contributed by atoms with Crippen LogP contribution in [0, 0.1) is 28.6 Å². The Morgan fingerprint density at radius 3 is 2.50 bits per heavy atom. The smallest absolute Gasteiger partial charge is 0.0669 e. The summed E-state index contributed by atoms with van der Waals surface area (Å²) in [4.78, 5) is 4.75. The normalized spacial score (nSPS) is 17.6. The highest BCUT2D eigenvalue weighted by Crippen LogP contribution is 2.15. The lowest BCUT2D eigenvalue weighted by Crippen LogP contribution is -2.47. The molecular weight excluding hydrogens is 296 g/mol. The number of nitriles is 2. The molecule has 0 bridgehead atoms. The van der Waals surface area contributed by atoms with Gasteiger partial charge in [0, 0.05) is 50.7 Å². The quantitative estimate of drug-likeness (QED) is 0.809. The molecule has 1 aliphatic heterocycles. The van der Waals surface area contributed by atoms with Gasteiger partial charge in [0.1, 0.15) is 0 Å². The highest BCUT2D eigenvalue weighted by atomic mass is 35.5. The van der Waals surface area contributed by atoms with E-state index in [4.69, 9.17) is 22.1 Å². The highest BCUT2D eigenvalue weighted by molar-refractivity contribution is 6.30. The van der Waals surface area contributed by atoms with Crippen molar-refractivity contribution in [3.8, 4) is 12.1 Å². The third-order valence-corrected chi connectivity index (χ3v) is 4.26. The van der Waals surface area contributed by atoms with Crippen LogP contribution in [0.15, 0.2) is 24.3 Å². The summed E-state index contributed by atoms with van der Waals surface area (Å²) in [5.74, 6) is -0.0286. The predicted octanol–water partition coefficient (Wildman–Crippen LogP) is 2.90. The van der Waals surface area contributed by atoms with Gasteiger partial charge in [-0.1, -0.05) is 23.7 Å². The van der Waals surface area contributed by atoms with Gasteiger partial charge in [0.2, 0.25) is 0 Å². The second kappa shape index (κ2) is 8.76. The largest absolute Gasteiger partial charge is 0.299 e. The average Bonchev–Trinajstić information content (AvgIpc) is 2.53. The van der Waals surface area contributed by atoms with Gasteiger partial charge in [-0.05, 0) is 24.1 Å². The van der Waals surface area contributed by atoms with Gasteiger partial charge in [0.05, 0.1) is 18.1 Å². The van der Waals surface area contributed by atoms with Gasteiger partial charge in [-0.25, -0.2) is 0 Å². The molecule has 0 spiro atoms. The maximum absolute atomic E-state index is 9.15. The molecule has 0 aromatic heterocycles. The first-order chi connectivity index (χ1) is 10.7. The fourth-order valence-corrected chi connectivity index (χ4v) is 2.98. The molecule has 1 heterocycles. The standard InChI is InChI=1S/C17H21ClN4/c18-17-5-1-3-15(11-17)13-21-7-9-22(10-8-21)14-16(12-20)4-2-6-19/h1,3,5,11,16H,2,4,7-10,13-14H2. The Kier molecular flexibility index (Phi) is 6.68. The highest BCUT2D eigenvalue weighted by Gasteiger charge is 2.20. The first-order valence-electron chi connectivity index (χ1n) is 7.67. The summed E-state index contributed by atoms with van der Waals surface area (Å²) in [6, 6.07) is 12.4. The molecule has 0 N–H and O–H groups in total. The Balaban J connectivity index is 1.76.